The number of carbonyl (C=O) groups is 1. The highest BCUT2D eigenvalue weighted by Crippen LogP contribution is 2.24. The van der Waals surface area contributed by atoms with Crippen LogP contribution in [0.3, 0.4) is 0 Å². The lowest BCUT2D eigenvalue weighted by atomic mass is 10.1. The van der Waals surface area contributed by atoms with E-state index in [1.165, 1.54) is 4.31 Å². The zero-order valence-electron chi connectivity index (χ0n) is 13.4. The van der Waals surface area contributed by atoms with E-state index in [0.717, 1.165) is 17.0 Å². The Bertz CT molecular complexity index is 856. The first-order valence-electron chi connectivity index (χ1n) is 7.86. The van der Waals surface area contributed by atoms with E-state index in [1.807, 2.05) is 6.92 Å². The van der Waals surface area contributed by atoms with Gasteiger partial charge in [0.2, 0.25) is 15.9 Å². The Kier molecular flexibility index (Phi) is 4.42. The minimum atomic E-state index is -3.21. The molecule has 0 fully saturated rings. The lowest BCUT2D eigenvalue weighted by molar-refractivity contribution is 0.100. The number of imidazole rings is 1. The second-order valence-electron chi connectivity index (χ2n) is 5.85. The van der Waals surface area contributed by atoms with Crippen LogP contribution in [0.1, 0.15) is 35.1 Å². The number of primary amides is 1. The highest BCUT2D eigenvalue weighted by molar-refractivity contribution is 7.89. The molecule has 1 aliphatic heterocycles. The molecule has 1 amide bonds. The fourth-order valence-electron chi connectivity index (χ4n) is 2.82. The molecular formula is C16H20N4O3S. The molecule has 1 aromatic carbocycles. The van der Waals surface area contributed by atoms with Gasteiger partial charge in [-0.1, -0.05) is 19.1 Å². The highest BCUT2D eigenvalue weighted by Gasteiger charge is 2.28. The summed E-state index contributed by atoms with van der Waals surface area (Å²) < 4.78 is 26.0. The average Bonchev–Trinajstić information content (AvgIpc) is 2.98. The number of nitrogens with one attached hydrogen (secondary N) is 1. The molecule has 24 heavy (non-hydrogen) atoms. The van der Waals surface area contributed by atoms with E-state index in [9.17, 15) is 13.2 Å². The molecule has 2 aromatic rings. The minimum Gasteiger partial charge on any atom is -0.366 e. The molecule has 0 unspecified atom stereocenters. The zero-order valence-corrected chi connectivity index (χ0v) is 14.3. The maximum Gasteiger partial charge on any atom is 0.248 e. The van der Waals surface area contributed by atoms with Crippen LogP contribution in [0.25, 0.3) is 11.4 Å². The number of hydrogen-bond acceptors (Lipinski definition) is 4. The number of nitrogens with zero attached hydrogens (tertiary/aromatic N) is 2. The average molecular weight is 348 g/mol. The number of aromatic amines is 1. The molecule has 2 heterocycles. The summed E-state index contributed by atoms with van der Waals surface area (Å²) in [6, 6.07) is 6.85. The van der Waals surface area contributed by atoms with Crippen molar-refractivity contribution in [1.82, 2.24) is 14.3 Å². The second kappa shape index (κ2) is 6.37. The van der Waals surface area contributed by atoms with Gasteiger partial charge in [-0.3, -0.25) is 4.79 Å². The van der Waals surface area contributed by atoms with Crippen LogP contribution in [-0.2, 0) is 23.0 Å². The predicted molar refractivity (Wildman–Crippen MR) is 90.7 cm³/mol. The Balaban J connectivity index is 1.84. The fourth-order valence-corrected chi connectivity index (χ4v) is 4.29. The van der Waals surface area contributed by atoms with Gasteiger partial charge in [-0.2, -0.15) is 4.31 Å². The van der Waals surface area contributed by atoms with E-state index in [4.69, 9.17) is 5.73 Å². The number of hydrogen-bond donors (Lipinski definition) is 2. The Hall–Kier alpha value is -2.19. The topological polar surface area (TPSA) is 109 Å². The molecule has 7 nitrogen and oxygen atoms in total. The largest absolute Gasteiger partial charge is 0.366 e. The third-order valence-electron chi connectivity index (χ3n) is 4.10. The van der Waals surface area contributed by atoms with E-state index in [-0.39, 0.29) is 5.75 Å². The maximum atomic E-state index is 12.2. The molecule has 128 valence electrons. The SMILES string of the molecule is CCCS(=O)(=O)N1CCc2nc(-c3ccc(C(N)=O)cc3)[nH]c2C1. The third kappa shape index (κ3) is 3.20. The van der Waals surface area contributed by atoms with Crippen LogP contribution in [0.15, 0.2) is 24.3 Å². The molecule has 0 atom stereocenters. The van der Waals surface area contributed by atoms with Crippen molar-refractivity contribution >= 4 is 15.9 Å². The minimum absolute atomic E-state index is 0.165. The Labute approximate surface area is 140 Å². The van der Waals surface area contributed by atoms with Crippen LogP contribution in [-0.4, -0.2) is 40.9 Å². The van der Waals surface area contributed by atoms with Crippen LogP contribution in [0.4, 0.5) is 0 Å². The molecule has 0 aliphatic carbocycles. The van der Waals surface area contributed by atoms with Gasteiger partial charge in [-0.05, 0) is 18.6 Å². The van der Waals surface area contributed by atoms with Crippen molar-refractivity contribution in [1.29, 1.82) is 0 Å². The zero-order chi connectivity index (χ0) is 17.3. The van der Waals surface area contributed by atoms with Crippen LogP contribution >= 0.6 is 0 Å². The van der Waals surface area contributed by atoms with Gasteiger partial charge in [0.05, 0.1) is 23.7 Å². The number of nitrogens with two attached hydrogens (primary N) is 1. The predicted octanol–water partition coefficient (Wildman–Crippen LogP) is 1.27. The first-order chi connectivity index (χ1) is 11.4. The monoisotopic (exact) mass is 348 g/mol. The summed E-state index contributed by atoms with van der Waals surface area (Å²) >= 11 is 0. The fraction of sp³-hybridized carbons (Fsp3) is 0.375. The van der Waals surface area contributed by atoms with Crippen LogP contribution in [0, 0.1) is 0 Å². The summed E-state index contributed by atoms with van der Waals surface area (Å²) in [7, 11) is -3.21. The smallest absolute Gasteiger partial charge is 0.248 e. The Morgan fingerprint density at radius 2 is 2.04 bits per heavy atom. The summed E-state index contributed by atoms with van der Waals surface area (Å²) in [5, 5.41) is 0. The number of rotatable bonds is 5. The van der Waals surface area contributed by atoms with E-state index in [2.05, 4.69) is 9.97 Å². The van der Waals surface area contributed by atoms with Crippen LogP contribution in [0.2, 0.25) is 0 Å². The second-order valence-corrected chi connectivity index (χ2v) is 7.94. The van der Waals surface area contributed by atoms with Crippen molar-refractivity contribution in [2.45, 2.75) is 26.3 Å². The molecule has 8 heteroatoms. The van der Waals surface area contributed by atoms with Crippen molar-refractivity contribution < 1.29 is 13.2 Å². The maximum absolute atomic E-state index is 12.2. The van der Waals surface area contributed by atoms with Crippen molar-refractivity contribution in [3.63, 3.8) is 0 Å². The van der Waals surface area contributed by atoms with Gasteiger partial charge in [0.25, 0.3) is 0 Å². The number of sulfonamides is 1. The standard InChI is InChI=1S/C16H20N4O3S/c1-2-9-24(22,23)20-8-7-13-14(10-20)19-16(18-13)12-5-3-11(4-6-12)15(17)21/h3-6H,2,7-10H2,1H3,(H2,17,21)(H,18,19). The van der Waals surface area contributed by atoms with E-state index < -0.39 is 15.9 Å². The number of carbonyl (C=O) groups excluding carboxylic acids is 1. The summed E-state index contributed by atoms with van der Waals surface area (Å²) in [5.74, 6) is 0.362. The molecule has 0 radical (unpaired) electrons. The van der Waals surface area contributed by atoms with Crippen LogP contribution in [0.5, 0.6) is 0 Å². The molecule has 0 spiro atoms. The number of H-pyrrole nitrogens is 1. The van der Waals surface area contributed by atoms with Gasteiger partial charge in [0.1, 0.15) is 5.82 Å². The number of amides is 1. The lowest BCUT2D eigenvalue weighted by Crippen LogP contribution is -2.37. The van der Waals surface area contributed by atoms with Gasteiger partial charge in [0, 0.05) is 24.1 Å². The Morgan fingerprint density at radius 1 is 1.33 bits per heavy atom. The van der Waals surface area contributed by atoms with Gasteiger partial charge >= 0.3 is 0 Å². The van der Waals surface area contributed by atoms with Gasteiger partial charge < -0.3 is 10.7 Å². The first kappa shape index (κ1) is 16.7. The number of aromatic nitrogens is 2. The van der Waals surface area contributed by atoms with Gasteiger partial charge in [-0.25, -0.2) is 13.4 Å². The summed E-state index contributed by atoms with van der Waals surface area (Å²) in [4.78, 5) is 18.9. The highest BCUT2D eigenvalue weighted by atomic mass is 32.2. The lowest BCUT2D eigenvalue weighted by Gasteiger charge is -2.25. The third-order valence-corrected chi connectivity index (χ3v) is 6.12. The summed E-state index contributed by atoms with van der Waals surface area (Å²) in [6.45, 7) is 2.64. The van der Waals surface area contributed by atoms with Gasteiger partial charge in [0.15, 0.2) is 0 Å². The molecular weight excluding hydrogens is 328 g/mol. The Morgan fingerprint density at radius 3 is 2.67 bits per heavy atom. The van der Waals surface area contributed by atoms with Crippen molar-refractivity contribution in [3.8, 4) is 11.4 Å². The van der Waals surface area contributed by atoms with E-state index in [1.54, 1.807) is 24.3 Å². The van der Waals surface area contributed by atoms with E-state index >= 15 is 0 Å². The molecule has 3 rings (SSSR count). The first-order valence-corrected chi connectivity index (χ1v) is 9.47. The molecule has 1 aromatic heterocycles. The molecule has 3 N–H and O–H groups in total. The summed E-state index contributed by atoms with van der Waals surface area (Å²) in [6.07, 6.45) is 1.19. The van der Waals surface area contributed by atoms with Gasteiger partial charge in [-0.15, -0.1) is 0 Å². The molecule has 0 saturated carbocycles. The van der Waals surface area contributed by atoms with Crippen molar-refractivity contribution in [2.24, 2.45) is 5.73 Å². The quantitative estimate of drug-likeness (QED) is 0.848. The molecule has 0 saturated heterocycles. The van der Waals surface area contributed by atoms with Crippen molar-refractivity contribution in [2.75, 3.05) is 12.3 Å². The van der Waals surface area contributed by atoms with E-state index in [0.29, 0.717) is 37.3 Å². The van der Waals surface area contributed by atoms with Crippen LogP contribution < -0.4 is 5.73 Å². The number of benzene rings is 1. The number of fused-ring (bicyclic) bond motifs is 1. The molecule has 0 bridgehead atoms. The normalized spacial score (nSPS) is 15.2. The summed E-state index contributed by atoms with van der Waals surface area (Å²) in [5.41, 5.74) is 8.23. The van der Waals surface area contributed by atoms with Crippen molar-refractivity contribution in [3.05, 3.63) is 41.2 Å². The molecule has 1 aliphatic rings.